The second kappa shape index (κ2) is 8.39. The lowest BCUT2D eigenvalue weighted by molar-refractivity contribution is 0.0528. The van der Waals surface area contributed by atoms with Gasteiger partial charge in [-0.2, -0.15) is 0 Å². The standard InChI is InChI=1S/C19H19BrClIN2O2S/c1-19(2,3)26-18(25)23-9-8-13-15(20)6-5-12-14-10-11(21)4-7-16(14)24(27-22)17(12)13/h4-7,10H,8-9H2,1-3H3,(H,23,25). The molecule has 1 N–H and O–H groups in total. The number of halogens is 3. The van der Waals surface area contributed by atoms with Gasteiger partial charge in [0, 0.05) is 57.1 Å². The predicted molar refractivity (Wildman–Crippen MR) is 127 cm³/mol. The van der Waals surface area contributed by atoms with Crippen LogP contribution in [-0.4, -0.2) is 22.2 Å². The van der Waals surface area contributed by atoms with E-state index in [-0.39, 0.29) is 0 Å². The van der Waals surface area contributed by atoms with Crippen molar-refractivity contribution in [3.05, 3.63) is 45.4 Å². The maximum Gasteiger partial charge on any atom is 0.407 e. The molecule has 1 aromatic heterocycles. The minimum Gasteiger partial charge on any atom is -0.444 e. The van der Waals surface area contributed by atoms with Crippen LogP contribution in [-0.2, 0) is 11.2 Å². The van der Waals surface area contributed by atoms with Crippen LogP contribution in [0.1, 0.15) is 26.3 Å². The molecule has 0 aliphatic rings. The molecule has 27 heavy (non-hydrogen) atoms. The topological polar surface area (TPSA) is 43.3 Å². The van der Waals surface area contributed by atoms with E-state index in [1.807, 2.05) is 45.0 Å². The SMILES string of the molecule is CC(C)(C)OC(=O)NCCc1c(Br)ccc2c3cc(Cl)ccc3n(SI)c12. The molecule has 0 aliphatic heterocycles. The van der Waals surface area contributed by atoms with Gasteiger partial charge in [0.05, 0.1) is 11.0 Å². The molecular weight excluding hydrogens is 563 g/mol. The highest BCUT2D eigenvalue weighted by Crippen LogP contribution is 2.39. The Balaban J connectivity index is 1.96. The van der Waals surface area contributed by atoms with Crippen molar-refractivity contribution in [1.82, 2.24) is 9.29 Å². The van der Waals surface area contributed by atoms with Gasteiger partial charge >= 0.3 is 6.09 Å². The number of hydrogen-bond acceptors (Lipinski definition) is 3. The minimum atomic E-state index is -0.506. The summed E-state index contributed by atoms with van der Waals surface area (Å²) < 4.78 is 8.53. The van der Waals surface area contributed by atoms with E-state index in [0.717, 1.165) is 36.9 Å². The van der Waals surface area contributed by atoms with Gasteiger partial charge < -0.3 is 10.1 Å². The summed E-state index contributed by atoms with van der Waals surface area (Å²) in [6.45, 7) is 6.04. The van der Waals surface area contributed by atoms with Gasteiger partial charge in [-0.15, -0.1) is 0 Å². The van der Waals surface area contributed by atoms with Gasteiger partial charge in [0.25, 0.3) is 0 Å². The van der Waals surface area contributed by atoms with E-state index in [1.54, 1.807) is 9.12 Å². The molecule has 3 aromatic rings. The van der Waals surface area contributed by atoms with Crippen molar-refractivity contribution in [2.24, 2.45) is 0 Å². The summed E-state index contributed by atoms with van der Waals surface area (Å²) >= 11 is 12.2. The Labute approximate surface area is 188 Å². The number of ether oxygens (including phenoxy) is 1. The summed E-state index contributed by atoms with van der Waals surface area (Å²) in [5, 5.41) is 5.82. The van der Waals surface area contributed by atoms with Crippen LogP contribution in [0, 0.1) is 0 Å². The molecule has 0 spiro atoms. The number of hydrogen-bond donors (Lipinski definition) is 1. The largest absolute Gasteiger partial charge is 0.444 e. The van der Waals surface area contributed by atoms with E-state index in [0.29, 0.717) is 13.0 Å². The fourth-order valence-corrected chi connectivity index (χ4v) is 5.42. The molecule has 2 aromatic carbocycles. The second-order valence-electron chi connectivity index (χ2n) is 7.13. The molecule has 0 fully saturated rings. The van der Waals surface area contributed by atoms with Crippen LogP contribution in [0.3, 0.4) is 0 Å². The maximum absolute atomic E-state index is 11.9. The monoisotopic (exact) mass is 580 g/mol. The molecule has 0 atom stereocenters. The van der Waals surface area contributed by atoms with Crippen molar-refractivity contribution < 1.29 is 9.53 Å². The highest BCUT2D eigenvalue weighted by Gasteiger charge is 2.18. The van der Waals surface area contributed by atoms with Gasteiger partial charge in [-0.25, -0.2) is 4.79 Å². The van der Waals surface area contributed by atoms with Crippen molar-refractivity contribution in [3.63, 3.8) is 0 Å². The lowest BCUT2D eigenvalue weighted by Crippen LogP contribution is -2.33. The Morgan fingerprint density at radius 1 is 1.30 bits per heavy atom. The lowest BCUT2D eigenvalue weighted by atomic mass is 10.1. The highest BCUT2D eigenvalue weighted by molar-refractivity contribution is 14.2. The number of rotatable bonds is 4. The van der Waals surface area contributed by atoms with E-state index in [1.165, 1.54) is 0 Å². The van der Waals surface area contributed by atoms with E-state index < -0.39 is 11.7 Å². The van der Waals surface area contributed by atoms with Crippen LogP contribution >= 0.6 is 57.9 Å². The summed E-state index contributed by atoms with van der Waals surface area (Å²) in [5.74, 6) is 0. The molecule has 0 bridgehead atoms. The molecule has 0 unspecified atom stereocenters. The fourth-order valence-electron chi connectivity index (χ4n) is 3.00. The fraction of sp³-hybridized carbons (Fsp3) is 0.316. The molecular formula is C19H19BrClIN2O2S. The van der Waals surface area contributed by atoms with Crippen LogP contribution in [0.5, 0.6) is 0 Å². The first-order chi connectivity index (χ1) is 12.7. The summed E-state index contributed by atoms with van der Waals surface area (Å²) in [7, 11) is 1.62. The van der Waals surface area contributed by atoms with Gasteiger partial charge in [0.2, 0.25) is 0 Å². The van der Waals surface area contributed by atoms with Crippen LogP contribution < -0.4 is 5.32 Å². The van der Waals surface area contributed by atoms with E-state index in [4.69, 9.17) is 16.3 Å². The number of amides is 1. The molecule has 0 saturated heterocycles. The molecule has 0 aliphatic carbocycles. The normalized spacial score (nSPS) is 11.9. The molecule has 3 rings (SSSR count). The molecule has 144 valence electrons. The van der Waals surface area contributed by atoms with E-state index in [2.05, 4.69) is 52.5 Å². The average molecular weight is 582 g/mol. The summed E-state index contributed by atoms with van der Waals surface area (Å²) in [4.78, 5) is 11.9. The first-order valence-electron chi connectivity index (χ1n) is 8.38. The Kier molecular flexibility index (Phi) is 6.55. The van der Waals surface area contributed by atoms with E-state index in [9.17, 15) is 4.79 Å². The smallest absolute Gasteiger partial charge is 0.407 e. The quantitative estimate of drug-likeness (QED) is 0.334. The average Bonchev–Trinajstić information content (AvgIpc) is 2.88. The Morgan fingerprint density at radius 2 is 2.04 bits per heavy atom. The van der Waals surface area contributed by atoms with Crippen molar-refractivity contribution in [2.75, 3.05) is 6.54 Å². The number of nitrogens with zero attached hydrogens (tertiary/aromatic N) is 1. The molecule has 1 heterocycles. The van der Waals surface area contributed by atoms with Crippen molar-refractivity contribution >= 4 is 85.8 Å². The first-order valence-corrected chi connectivity index (χ1v) is 12.9. The number of aromatic nitrogens is 1. The van der Waals surface area contributed by atoms with Crippen molar-refractivity contribution in [2.45, 2.75) is 32.8 Å². The third-order valence-corrected chi connectivity index (χ3v) is 6.69. The number of carbonyl (C=O) groups is 1. The van der Waals surface area contributed by atoms with Crippen LogP contribution in [0.4, 0.5) is 4.79 Å². The number of carbonyl (C=O) groups excluding carboxylic acids is 1. The number of fused-ring (bicyclic) bond motifs is 3. The zero-order valence-corrected chi connectivity index (χ0v) is 20.4. The Bertz CT molecular complexity index is 1020. The summed E-state index contributed by atoms with van der Waals surface area (Å²) in [6.07, 6.45) is 0.277. The molecule has 4 nitrogen and oxygen atoms in total. The van der Waals surface area contributed by atoms with Gasteiger partial charge in [-0.05, 0) is 57.0 Å². The number of benzene rings is 2. The van der Waals surface area contributed by atoms with Crippen LogP contribution in [0.25, 0.3) is 21.8 Å². The van der Waals surface area contributed by atoms with Crippen molar-refractivity contribution in [3.8, 4) is 0 Å². The third-order valence-electron chi connectivity index (χ3n) is 4.01. The Morgan fingerprint density at radius 3 is 2.70 bits per heavy atom. The second-order valence-corrected chi connectivity index (χ2v) is 10.1. The minimum absolute atomic E-state index is 0.401. The molecule has 1 amide bonds. The number of nitrogens with one attached hydrogen (secondary N) is 1. The third kappa shape index (κ3) is 4.68. The van der Waals surface area contributed by atoms with E-state index >= 15 is 0 Å². The Hall–Kier alpha value is -0.640. The van der Waals surface area contributed by atoms with Crippen LogP contribution in [0.2, 0.25) is 5.02 Å². The van der Waals surface area contributed by atoms with Gasteiger partial charge in [-0.3, -0.25) is 3.97 Å². The lowest BCUT2D eigenvalue weighted by Gasteiger charge is -2.19. The zero-order chi connectivity index (χ0) is 19.8. The van der Waals surface area contributed by atoms with Crippen molar-refractivity contribution in [1.29, 1.82) is 0 Å². The van der Waals surface area contributed by atoms with Gasteiger partial charge in [0.1, 0.15) is 5.60 Å². The number of alkyl carbamates (subject to hydrolysis) is 1. The highest BCUT2D eigenvalue weighted by atomic mass is 127. The molecule has 8 heteroatoms. The summed E-state index contributed by atoms with van der Waals surface area (Å²) in [6, 6.07) is 10.1. The maximum atomic E-state index is 11.9. The predicted octanol–water partition coefficient (Wildman–Crippen LogP) is 7.12. The summed E-state index contributed by atoms with van der Waals surface area (Å²) in [5.41, 5.74) is 2.88. The molecule has 0 radical (unpaired) electrons. The van der Waals surface area contributed by atoms with Crippen LogP contribution in [0.15, 0.2) is 34.8 Å². The van der Waals surface area contributed by atoms with Gasteiger partial charge in [0.15, 0.2) is 0 Å². The zero-order valence-electron chi connectivity index (χ0n) is 15.1. The molecule has 0 saturated carbocycles. The van der Waals surface area contributed by atoms with Gasteiger partial charge in [-0.1, -0.05) is 33.6 Å². The first kappa shape index (κ1) is 21.1.